The summed E-state index contributed by atoms with van der Waals surface area (Å²) in [6.07, 6.45) is 0. The molecule has 3 heterocycles. The monoisotopic (exact) mass is 670 g/mol. The summed E-state index contributed by atoms with van der Waals surface area (Å²) in [5, 5.41) is 11.9. The molecule has 0 radical (unpaired) electrons. The molecule has 0 amide bonds. The van der Waals surface area contributed by atoms with Crippen molar-refractivity contribution in [3.8, 4) is 33.6 Å². The number of hydrogen-bond donors (Lipinski definition) is 0. The second kappa shape index (κ2) is 9.73. The SMILES string of the molecule is c1ccc2cc(-n3c4ccc5oc6ccccc6c5c4c4ccc5c(c6ccccc6n5-c5cc6c7c(cccc7c5)-c5ccccc5-6)c43)ccc2c#1. The second-order valence-electron chi connectivity index (χ2n) is 14.3. The number of furan rings is 1. The Morgan fingerprint density at radius 3 is 2.13 bits per heavy atom. The van der Waals surface area contributed by atoms with Crippen molar-refractivity contribution in [3.05, 3.63) is 170 Å². The number of rotatable bonds is 2. The van der Waals surface area contributed by atoms with Gasteiger partial charge in [-0.3, -0.25) is 0 Å². The van der Waals surface area contributed by atoms with Crippen molar-refractivity contribution in [2.75, 3.05) is 0 Å². The summed E-state index contributed by atoms with van der Waals surface area (Å²) < 4.78 is 11.4. The smallest absolute Gasteiger partial charge is 0.136 e. The van der Waals surface area contributed by atoms with Crippen molar-refractivity contribution in [2.45, 2.75) is 0 Å². The van der Waals surface area contributed by atoms with Crippen LogP contribution in [0.4, 0.5) is 0 Å². The van der Waals surface area contributed by atoms with Gasteiger partial charge in [-0.1, -0.05) is 97.1 Å². The van der Waals surface area contributed by atoms with Gasteiger partial charge in [-0.15, -0.1) is 0 Å². The Hall–Kier alpha value is -7.28. The van der Waals surface area contributed by atoms with Crippen LogP contribution in [0.1, 0.15) is 0 Å². The van der Waals surface area contributed by atoms with Gasteiger partial charge in [0, 0.05) is 49.1 Å². The minimum absolute atomic E-state index is 0.901. The van der Waals surface area contributed by atoms with E-state index < -0.39 is 0 Å². The van der Waals surface area contributed by atoms with Crippen LogP contribution in [0.25, 0.3) is 121 Å². The molecule has 0 N–H and O–H groups in total. The predicted molar refractivity (Wildman–Crippen MR) is 220 cm³/mol. The zero-order chi connectivity index (χ0) is 34.4. The molecule has 1 aliphatic rings. The van der Waals surface area contributed by atoms with Crippen molar-refractivity contribution < 1.29 is 4.42 Å². The van der Waals surface area contributed by atoms with E-state index in [-0.39, 0.29) is 0 Å². The van der Waals surface area contributed by atoms with E-state index in [1.54, 1.807) is 0 Å². The van der Waals surface area contributed by atoms with Crippen molar-refractivity contribution in [1.82, 2.24) is 9.13 Å². The minimum atomic E-state index is 0.901. The van der Waals surface area contributed by atoms with Crippen molar-refractivity contribution in [3.63, 3.8) is 0 Å². The molecule has 12 aromatic rings. The molecule has 0 aliphatic heterocycles. The summed E-state index contributed by atoms with van der Waals surface area (Å²) in [6, 6.07) is 63.8. The zero-order valence-corrected chi connectivity index (χ0v) is 28.3. The van der Waals surface area contributed by atoms with Gasteiger partial charge in [0.1, 0.15) is 11.2 Å². The second-order valence-corrected chi connectivity index (χ2v) is 14.3. The van der Waals surface area contributed by atoms with Crippen molar-refractivity contribution in [1.29, 1.82) is 0 Å². The average Bonchev–Trinajstić information content (AvgIpc) is 3.95. The van der Waals surface area contributed by atoms with Crippen LogP contribution >= 0.6 is 0 Å². The Bertz CT molecular complexity index is 3570. The van der Waals surface area contributed by atoms with E-state index in [9.17, 15) is 0 Å². The Balaban J connectivity index is 1.22. The Morgan fingerprint density at radius 2 is 1.19 bits per heavy atom. The van der Waals surface area contributed by atoms with Gasteiger partial charge in [0.25, 0.3) is 0 Å². The summed E-state index contributed by atoms with van der Waals surface area (Å²) >= 11 is 0. The molecule has 3 nitrogen and oxygen atoms in total. The zero-order valence-electron chi connectivity index (χ0n) is 28.3. The molecule has 3 aromatic heterocycles. The van der Waals surface area contributed by atoms with Gasteiger partial charge in [0.2, 0.25) is 0 Å². The van der Waals surface area contributed by atoms with Crippen LogP contribution in [-0.4, -0.2) is 9.13 Å². The number of benzene rings is 8. The largest absolute Gasteiger partial charge is 0.456 e. The molecule has 3 heteroatoms. The number of nitrogens with zero attached hydrogens (tertiary/aromatic N) is 2. The van der Waals surface area contributed by atoms with E-state index in [1.807, 2.05) is 12.1 Å². The third-order valence-electron chi connectivity index (χ3n) is 11.6. The molecular weight excluding hydrogens is 645 g/mol. The Kier molecular flexibility index (Phi) is 5.04. The molecule has 1 aliphatic carbocycles. The first-order chi connectivity index (χ1) is 26.3. The summed E-state index contributed by atoms with van der Waals surface area (Å²) in [4.78, 5) is 0. The van der Waals surface area contributed by atoms with Gasteiger partial charge in [-0.2, -0.15) is 0 Å². The number of fused-ring (bicyclic) bond motifs is 15. The van der Waals surface area contributed by atoms with E-state index in [0.29, 0.717) is 0 Å². The van der Waals surface area contributed by atoms with E-state index in [2.05, 4.69) is 167 Å². The van der Waals surface area contributed by atoms with Crippen LogP contribution in [0.15, 0.2) is 162 Å². The topological polar surface area (TPSA) is 23.0 Å². The van der Waals surface area contributed by atoms with Crippen molar-refractivity contribution >= 4 is 87.1 Å². The highest BCUT2D eigenvalue weighted by molar-refractivity contribution is 6.33. The number of hydrogen-bond acceptors (Lipinski definition) is 1. The average molecular weight is 671 g/mol. The minimum Gasteiger partial charge on any atom is -0.456 e. The summed E-state index contributed by atoms with van der Waals surface area (Å²) in [5.74, 6) is 0. The molecule has 0 atom stereocenters. The first-order valence-electron chi connectivity index (χ1n) is 18.1. The summed E-state index contributed by atoms with van der Waals surface area (Å²) in [6.45, 7) is 0. The Labute approximate surface area is 303 Å². The Morgan fingerprint density at radius 1 is 0.415 bits per heavy atom. The van der Waals surface area contributed by atoms with Crippen LogP contribution in [-0.2, 0) is 0 Å². The molecular formula is C50H26N2O. The maximum Gasteiger partial charge on any atom is 0.136 e. The predicted octanol–water partition coefficient (Wildman–Crippen LogP) is 13.3. The van der Waals surface area contributed by atoms with Crippen LogP contribution < -0.4 is 0 Å². The van der Waals surface area contributed by atoms with Crippen LogP contribution in [0.2, 0.25) is 0 Å². The maximum atomic E-state index is 6.47. The standard InChI is InChI=1S/C50H26N2O/c1-2-11-30-26-32(21-20-29(30)10-1)52-42-24-25-45-49(38-16-6-8-19-44(38)53-45)47(42)39-22-23-43-48(50(39)52)37-15-5-7-18-41(37)51(43)33-27-31-12-9-17-36-34-13-3-4-14-35(34)40(28-33)46(31)36/h2-9,11-28H. The van der Waals surface area contributed by atoms with Gasteiger partial charge < -0.3 is 13.6 Å². The molecule has 0 saturated heterocycles. The highest BCUT2D eigenvalue weighted by Gasteiger charge is 2.26. The third kappa shape index (κ3) is 3.45. The third-order valence-corrected chi connectivity index (χ3v) is 11.6. The van der Waals surface area contributed by atoms with E-state index >= 15 is 0 Å². The maximum absolute atomic E-state index is 6.47. The van der Waals surface area contributed by atoms with Gasteiger partial charge in [0.05, 0.1) is 22.1 Å². The highest BCUT2D eigenvalue weighted by atomic mass is 16.3. The van der Waals surface area contributed by atoms with E-state index in [4.69, 9.17) is 4.42 Å². The lowest BCUT2D eigenvalue weighted by atomic mass is 10.0. The molecule has 0 bridgehead atoms. The lowest BCUT2D eigenvalue weighted by Gasteiger charge is -2.12. The highest BCUT2D eigenvalue weighted by Crippen LogP contribution is 2.50. The molecule has 0 saturated carbocycles. The fourth-order valence-electron chi connectivity index (χ4n) is 9.53. The molecule has 9 aromatic carbocycles. The molecule has 13 rings (SSSR count). The summed E-state index contributed by atoms with van der Waals surface area (Å²) in [5.41, 5.74) is 14.0. The van der Waals surface area contributed by atoms with Crippen LogP contribution in [0, 0.1) is 12.1 Å². The molecule has 0 spiro atoms. The lowest BCUT2D eigenvalue weighted by molar-refractivity contribution is 0.669. The van der Waals surface area contributed by atoms with E-state index in [1.165, 1.54) is 71.1 Å². The fourth-order valence-corrected chi connectivity index (χ4v) is 9.53. The molecule has 53 heavy (non-hydrogen) atoms. The first-order valence-corrected chi connectivity index (χ1v) is 18.1. The summed E-state index contributed by atoms with van der Waals surface area (Å²) in [7, 11) is 0. The quantitative estimate of drug-likeness (QED) is 0.179. The van der Waals surface area contributed by atoms with Crippen LogP contribution in [0.3, 0.4) is 0 Å². The fraction of sp³-hybridized carbons (Fsp3) is 0. The van der Waals surface area contributed by atoms with Gasteiger partial charge >= 0.3 is 0 Å². The molecule has 0 unspecified atom stereocenters. The molecule has 0 fully saturated rings. The van der Waals surface area contributed by atoms with Gasteiger partial charge in [-0.25, -0.2) is 0 Å². The lowest BCUT2D eigenvalue weighted by Crippen LogP contribution is -1.96. The van der Waals surface area contributed by atoms with Gasteiger partial charge in [-0.05, 0) is 111 Å². The number of aromatic nitrogens is 2. The van der Waals surface area contributed by atoms with Crippen molar-refractivity contribution in [2.24, 2.45) is 0 Å². The molecule has 242 valence electrons. The normalized spacial score (nSPS) is 12.4. The van der Waals surface area contributed by atoms with Gasteiger partial charge in [0.15, 0.2) is 0 Å². The first kappa shape index (κ1) is 27.4. The van der Waals surface area contributed by atoms with Crippen LogP contribution in [0.5, 0.6) is 0 Å². The number of para-hydroxylation sites is 2. The van der Waals surface area contributed by atoms with E-state index in [0.717, 1.165) is 49.6 Å².